The number of nitrogens with zero attached hydrogens (tertiary/aromatic N) is 2. The van der Waals surface area contributed by atoms with Gasteiger partial charge in [-0.05, 0) is 62.6 Å². The number of hydrogen-bond donors (Lipinski definition) is 0. The topological polar surface area (TPSA) is 49.9 Å². The van der Waals surface area contributed by atoms with E-state index < -0.39 is 5.60 Å². The molecule has 0 saturated carbocycles. The van der Waals surface area contributed by atoms with E-state index in [0.717, 1.165) is 32.4 Å². The highest BCUT2D eigenvalue weighted by Gasteiger charge is 2.29. The van der Waals surface area contributed by atoms with E-state index in [1.165, 1.54) is 16.7 Å². The summed E-state index contributed by atoms with van der Waals surface area (Å²) in [5.74, 6) is 0.681. The maximum atomic E-state index is 12.4. The van der Waals surface area contributed by atoms with E-state index in [1.54, 1.807) is 11.8 Å². The number of hydrogen-bond acceptors (Lipinski definition) is 3. The Morgan fingerprint density at radius 3 is 2.38 bits per heavy atom. The molecule has 2 aliphatic heterocycles. The van der Waals surface area contributed by atoms with Crippen molar-refractivity contribution in [1.82, 2.24) is 9.80 Å². The SMILES string of the molecule is CC(=O)N1CCC(c2cccc3c2CCN(C(=O)OC(C)(C)C)C3)CC1. The average Bonchev–Trinajstić information content (AvgIpc) is 2.59. The summed E-state index contributed by atoms with van der Waals surface area (Å²) in [6.07, 6.45) is 2.68. The fourth-order valence-electron chi connectivity index (χ4n) is 4.01. The minimum absolute atomic E-state index is 0.173. The molecule has 0 radical (unpaired) electrons. The molecule has 2 aliphatic rings. The first-order valence-electron chi connectivity index (χ1n) is 9.58. The van der Waals surface area contributed by atoms with Crippen LogP contribution in [0.4, 0.5) is 4.79 Å². The molecule has 0 aliphatic carbocycles. The maximum Gasteiger partial charge on any atom is 0.410 e. The molecule has 1 fully saturated rings. The average molecular weight is 358 g/mol. The lowest BCUT2D eigenvalue weighted by Gasteiger charge is -2.35. The lowest BCUT2D eigenvalue weighted by molar-refractivity contribution is -0.129. The molecule has 0 atom stereocenters. The van der Waals surface area contributed by atoms with Crippen molar-refractivity contribution in [2.45, 2.75) is 65.0 Å². The number of carbonyl (C=O) groups excluding carboxylic acids is 2. The van der Waals surface area contributed by atoms with E-state index in [1.807, 2.05) is 25.7 Å². The predicted octanol–water partition coefficient (Wildman–Crippen LogP) is 3.71. The van der Waals surface area contributed by atoms with E-state index >= 15 is 0 Å². The zero-order valence-electron chi connectivity index (χ0n) is 16.4. The van der Waals surface area contributed by atoms with Crippen molar-refractivity contribution in [2.75, 3.05) is 19.6 Å². The van der Waals surface area contributed by atoms with E-state index in [4.69, 9.17) is 4.74 Å². The highest BCUT2D eigenvalue weighted by Crippen LogP contribution is 2.34. The van der Waals surface area contributed by atoms with Crippen LogP contribution in [0.5, 0.6) is 0 Å². The smallest absolute Gasteiger partial charge is 0.410 e. The Kier molecular flexibility index (Phi) is 5.26. The normalized spacial score (nSPS) is 18.5. The number of piperidine rings is 1. The fraction of sp³-hybridized carbons (Fsp3) is 0.619. The van der Waals surface area contributed by atoms with Crippen LogP contribution in [0.25, 0.3) is 0 Å². The molecular weight excluding hydrogens is 328 g/mol. The van der Waals surface area contributed by atoms with E-state index in [-0.39, 0.29) is 12.0 Å². The molecule has 0 unspecified atom stereocenters. The highest BCUT2D eigenvalue weighted by molar-refractivity contribution is 5.73. The number of benzene rings is 1. The van der Waals surface area contributed by atoms with Crippen LogP contribution in [0.2, 0.25) is 0 Å². The Labute approximate surface area is 156 Å². The molecule has 26 heavy (non-hydrogen) atoms. The van der Waals surface area contributed by atoms with Gasteiger partial charge in [0.1, 0.15) is 5.60 Å². The number of amides is 2. The van der Waals surface area contributed by atoms with Crippen LogP contribution in [0, 0.1) is 0 Å². The summed E-state index contributed by atoms with van der Waals surface area (Å²) < 4.78 is 5.52. The van der Waals surface area contributed by atoms with Gasteiger partial charge in [0, 0.05) is 33.1 Å². The first kappa shape index (κ1) is 18.7. The summed E-state index contributed by atoms with van der Waals surface area (Å²) in [5, 5.41) is 0. The Hall–Kier alpha value is -2.04. The van der Waals surface area contributed by atoms with Gasteiger partial charge in [-0.3, -0.25) is 4.79 Å². The molecule has 2 heterocycles. The summed E-state index contributed by atoms with van der Waals surface area (Å²) in [7, 11) is 0. The van der Waals surface area contributed by atoms with E-state index in [2.05, 4.69) is 18.2 Å². The number of fused-ring (bicyclic) bond motifs is 1. The molecule has 0 N–H and O–H groups in total. The minimum Gasteiger partial charge on any atom is -0.444 e. The Bertz CT molecular complexity index is 685. The lowest BCUT2D eigenvalue weighted by Crippen LogP contribution is -2.40. The third-order valence-corrected chi connectivity index (χ3v) is 5.33. The van der Waals surface area contributed by atoms with Crippen molar-refractivity contribution in [3.8, 4) is 0 Å². The standard InChI is InChI=1S/C21H30N2O3/c1-15(24)22-11-8-16(9-12-22)18-7-5-6-17-14-23(13-10-19(17)18)20(25)26-21(2,3)4/h5-7,16H,8-14H2,1-4H3. The van der Waals surface area contributed by atoms with Crippen molar-refractivity contribution in [3.05, 3.63) is 34.9 Å². The molecule has 1 aromatic carbocycles. The van der Waals surface area contributed by atoms with Crippen LogP contribution in [-0.4, -0.2) is 47.0 Å². The van der Waals surface area contributed by atoms with Crippen molar-refractivity contribution in [3.63, 3.8) is 0 Å². The Morgan fingerprint density at radius 1 is 1.08 bits per heavy atom. The van der Waals surface area contributed by atoms with Crippen LogP contribution >= 0.6 is 0 Å². The van der Waals surface area contributed by atoms with Gasteiger partial charge in [-0.2, -0.15) is 0 Å². The van der Waals surface area contributed by atoms with Crippen LogP contribution in [-0.2, 0) is 22.5 Å². The zero-order chi connectivity index (χ0) is 18.9. The molecule has 3 rings (SSSR count). The van der Waals surface area contributed by atoms with Crippen molar-refractivity contribution < 1.29 is 14.3 Å². The molecule has 5 nitrogen and oxygen atoms in total. The molecule has 0 aromatic heterocycles. The second kappa shape index (κ2) is 7.29. The third-order valence-electron chi connectivity index (χ3n) is 5.33. The molecule has 142 valence electrons. The van der Waals surface area contributed by atoms with Gasteiger partial charge in [0.25, 0.3) is 0 Å². The quantitative estimate of drug-likeness (QED) is 0.769. The molecule has 2 amide bonds. The second-order valence-electron chi connectivity index (χ2n) is 8.42. The number of likely N-dealkylation sites (tertiary alicyclic amines) is 1. The third kappa shape index (κ3) is 4.19. The van der Waals surface area contributed by atoms with Crippen LogP contribution < -0.4 is 0 Å². The van der Waals surface area contributed by atoms with E-state index in [0.29, 0.717) is 19.0 Å². The summed E-state index contributed by atoms with van der Waals surface area (Å²) in [6.45, 7) is 10.3. The highest BCUT2D eigenvalue weighted by atomic mass is 16.6. The molecule has 0 spiro atoms. The fourth-order valence-corrected chi connectivity index (χ4v) is 4.01. The van der Waals surface area contributed by atoms with Gasteiger partial charge in [-0.25, -0.2) is 4.79 Å². The van der Waals surface area contributed by atoms with Gasteiger partial charge in [0.2, 0.25) is 5.91 Å². The van der Waals surface area contributed by atoms with Gasteiger partial charge in [0.15, 0.2) is 0 Å². The van der Waals surface area contributed by atoms with E-state index in [9.17, 15) is 9.59 Å². The summed E-state index contributed by atoms with van der Waals surface area (Å²) in [5.41, 5.74) is 3.57. The van der Waals surface area contributed by atoms with Crippen LogP contribution in [0.15, 0.2) is 18.2 Å². The largest absolute Gasteiger partial charge is 0.444 e. The van der Waals surface area contributed by atoms with Crippen LogP contribution in [0.3, 0.4) is 0 Å². The predicted molar refractivity (Wildman–Crippen MR) is 101 cm³/mol. The summed E-state index contributed by atoms with van der Waals surface area (Å²) >= 11 is 0. The molecule has 5 heteroatoms. The van der Waals surface area contributed by atoms with Gasteiger partial charge in [-0.15, -0.1) is 0 Å². The van der Waals surface area contributed by atoms with Crippen LogP contribution in [0.1, 0.15) is 63.1 Å². The van der Waals surface area contributed by atoms with Crippen molar-refractivity contribution >= 4 is 12.0 Å². The van der Waals surface area contributed by atoms with Crippen molar-refractivity contribution in [2.24, 2.45) is 0 Å². The second-order valence-corrected chi connectivity index (χ2v) is 8.42. The number of ether oxygens (including phenoxy) is 1. The molecule has 1 saturated heterocycles. The number of carbonyl (C=O) groups is 2. The Morgan fingerprint density at radius 2 is 1.77 bits per heavy atom. The Balaban J connectivity index is 1.71. The lowest BCUT2D eigenvalue weighted by atomic mass is 9.83. The molecule has 0 bridgehead atoms. The first-order chi connectivity index (χ1) is 12.2. The monoisotopic (exact) mass is 358 g/mol. The molecular formula is C21H30N2O3. The van der Waals surface area contributed by atoms with Gasteiger partial charge in [-0.1, -0.05) is 18.2 Å². The first-order valence-corrected chi connectivity index (χ1v) is 9.58. The van der Waals surface area contributed by atoms with Gasteiger partial charge < -0.3 is 14.5 Å². The summed E-state index contributed by atoms with van der Waals surface area (Å²) in [6, 6.07) is 6.46. The molecule has 1 aromatic rings. The minimum atomic E-state index is -0.468. The summed E-state index contributed by atoms with van der Waals surface area (Å²) in [4.78, 5) is 27.7. The van der Waals surface area contributed by atoms with Gasteiger partial charge >= 0.3 is 6.09 Å². The number of rotatable bonds is 1. The van der Waals surface area contributed by atoms with Crippen molar-refractivity contribution in [1.29, 1.82) is 0 Å². The van der Waals surface area contributed by atoms with Gasteiger partial charge in [0.05, 0.1) is 0 Å². The maximum absolute atomic E-state index is 12.4. The zero-order valence-corrected chi connectivity index (χ0v) is 16.4.